The van der Waals surface area contributed by atoms with E-state index in [-0.39, 0.29) is 17.2 Å². The number of H-pyrrole nitrogens is 1. The average molecular weight is 355 g/mol. The van der Waals surface area contributed by atoms with E-state index < -0.39 is 0 Å². The van der Waals surface area contributed by atoms with Crippen LogP contribution in [0.5, 0.6) is 0 Å². The summed E-state index contributed by atoms with van der Waals surface area (Å²) >= 11 is 0. The van der Waals surface area contributed by atoms with Gasteiger partial charge in [0.15, 0.2) is 5.69 Å². The largest absolute Gasteiger partial charge is 0.320 e. The van der Waals surface area contributed by atoms with Gasteiger partial charge in [0.1, 0.15) is 0 Å². The Balaban J connectivity index is 1.67. The van der Waals surface area contributed by atoms with Gasteiger partial charge in [0, 0.05) is 11.1 Å². The molecule has 1 aromatic heterocycles. The van der Waals surface area contributed by atoms with Gasteiger partial charge < -0.3 is 5.32 Å². The minimum atomic E-state index is -0.358. The number of aromatic nitrogens is 2. The first-order valence-corrected chi connectivity index (χ1v) is 8.63. The molecule has 0 aliphatic heterocycles. The Morgan fingerprint density at radius 2 is 1.52 bits per heavy atom. The second kappa shape index (κ2) is 7.25. The molecule has 0 spiro atoms. The summed E-state index contributed by atoms with van der Waals surface area (Å²) in [6, 6.07) is 24.7. The number of nitrogens with one attached hydrogen (secondary N) is 2. The van der Waals surface area contributed by atoms with Gasteiger partial charge >= 0.3 is 0 Å². The molecule has 3 aromatic carbocycles. The predicted octanol–water partition coefficient (Wildman–Crippen LogP) is 3.77. The van der Waals surface area contributed by atoms with E-state index in [1.807, 2.05) is 42.5 Å². The number of anilines is 1. The molecule has 0 saturated heterocycles. The van der Waals surface area contributed by atoms with Crippen molar-refractivity contribution in [1.82, 2.24) is 10.2 Å². The molecule has 0 atom stereocenters. The lowest BCUT2D eigenvalue weighted by atomic mass is 10.0. The van der Waals surface area contributed by atoms with Crippen molar-refractivity contribution in [1.29, 1.82) is 0 Å². The Hall–Kier alpha value is -3.73. The first kappa shape index (κ1) is 16.7. The van der Waals surface area contributed by atoms with Gasteiger partial charge in [-0.1, -0.05) is 66.7 Å². The second-order valence-corrected chi connectivity index (χ2v) is 6.22. The van der Waals surface area contributed by atoms with Crippen LogP contribution in [0.4, 0.5) is 5.69 Å². The summed E-state index contributed by atoms with van der Waals surface area (Å²) in [5, 5.41) is 10.3. The molecule has 27 heavy (non-hydrogen) atoms. The van der Waals surface area contributed by atoms with Gasteiger partial charge in [-0.05, 0) is 29.7 Å². The molecule has 0 aliphatic carbocycles. The zero-order chi connectivity index (χ0) is 18.6. The fourth-order valence-electron chi connectivity index (χ4n) is 3.08. The normalized spacial score (nSPS) is 10.7. The highest BCUT2D eigenvalue weighted by molar-refractivity contribution is 6.11. The van der Waals surface area contributed by atoms with Crippen LogP contribution < -0.4 is 10.9 Å². The topological polar surface area (TPSA) is 74.8 Å². The zero-order valence-corrected chi connectivity index (χ0v) is 14.5. The fraction of sp³-hybridized carbons (Fsp3) is 0.0455. The molecule has 0 unspecified atom stereocenters. The number of nitrogens with zero attached hydrogens (tertiary/aromatic N) is 1. The molecule has 4 aromatic rings. The maximum Gasteiger partial charge on any atom is 0.276 e. The van der Waals surface area contributed by atoms with E-state index in [4.69, 9.17) is 0 Å². The van der Waals surface area contributed by atoms with E-state index >= 15 is 0 Å². The molecule has 1 amide bonds. The summed E-state index contributed by atoms with van der Waals surface area (Å²) in [4.78, 5) is 24.8. The van der Waals surface area contributed by atoms with Crippen LogP contribution in [0.2, 0.25) is 0 Å². The number of fused-ring (bicyclic) bond motifs is 1. The Kier molecular flexibility index (Phi) is 4.49. The number of amides is 1. The molecule has 2 N–H and O–H groups in total. The molecule has 4 rings (SSSR count). The molecule has 5 nitrogen and oxygen atoms in total. The lowest BCUT2D eigenvalue weighted by Gasteiger charge is -2.12. The van der Waals surface area contributed by atoms with Crippen LogP contribution >= 0.6 is 0 Å². The summed E-state index contributed by atoms with van der Waals surface area (Å²) in [6.45, 7) is 0. The number of hydrogen-bond donors (Lipinski definition) is 2. The van der Waals surface area contributed by atoms with Crippen LogP contribution in [0, 0.1) is 0 Å². The smallest absolute Gasteiger partial charge is 0.276 e. The van der Waals surface area contributed by atoms with Crippen molar-refractivity contribution in [3.63, 3.8) is 0 Å². The van der Waals surface area contributed by atoms with Gasteiger partial charge in [-0.3, -0.25) is 9.59 Å². The highest BCUT2D eigenvalue weighted by atomic mass is 16.2. The van der Waals surface area contributed by atoms with Crippen molar-refractivity contribution in [3.05, 3.63) is 106 Å². The van der Waals surface area contributed by atoms with Crippen LogP contribution in [0.25, 0.3) is 10.8 Å². The average Bonchev–Trinajstić information content (AvgIpc) is 2.71. The lowest BCUT2D eigenvalue weighted by molar-refractivity contribution is 0.102. The van der Waals surface area contributed by atoms with Crippen LogP contribution in [0.15, 0.2) is 83.7 Å². The number of para-hydroxylation sites is 1. The maximum absolute atomic E-state index is 12.8. The second-order valence-electron chi connectivity index (χ2n) is 6.22. The highest BCUT2D eigenvalue weighted by Gasteiger charge is 2.15. The van der Waals surface area contributed by atoms with Crippen LogP contribution in [0.3, 0.4) is 0 Å². The number of aromatic amines is 1. The summed E-state index contributed by atoms with van der Waals surface area (Å²) in [7, 11) is 0. The molecular weight excluding hydrogens is 338 g/mol. The first-order valence-electron chi connectivity index (χ1n) is 8.63. The number of benzene rings is 3. The predicted molar refractivity (Wildman–Crippen MR) is 106 cm³/mol. The number of rotatable bonds is 4. The summed E-state index contributed by atoms with van der Waals surface area (Å²) in [5.41, 5.74) is 2.77. The molecule has 0 bridgehead atoms. The molecular formula is C22H17N3O2. The summed E-state index contributed by atoms with van der Waals surface area (Å²) < 4.78 is 0. The highest BCUT2D eigenvalue weighted by Crippen LogP contribution is 2.21. The van der Waals surface area contributed by atoms with Gasteiger partial charge in [0.2, 0.25) is 0 Å². The van der Waals surface area contributed by atoms with E-state index in [1.165, 1.54) is 0 Å². The molecule has 0 radical (unpaired) electrons. The minimum Gasteiger partial charge on any atom is -0.320 e. The molecule has 0 saturated carbocycles. The molecule has 5 heteroatoms. The number of carbonyl (C=O) groups is 1. The Labute approximate surface area is 155 Å². The Morgan fingerprint density at radius 1 is 0.852 bits per heavy atom. The van der Waals surface area contributed by atoms with Crippen molar-refractivity contribution < 1.29 is 4.79 Å². The molecule has 0 fully saturated rings. The van der Waals surface area contributed by atoms with E-state index in [1.54, 1.807) is 24.3 Å². The van der Waals surface area contributed by atoms with E-state index in [2.05, 4.69) is 27.6 Å². The zero-order valence-electron chi connectivity index (χ0n) is 14.5. The number of hydrogen-bond acceptors (Lipinski definition) is 3. The van der Waals surface area contributed by atoms with Crippen molar-refractivity contribution >= 4 is 22.4 Å². The summed E-state index contributed by atoms with van der Waals surface area (Å²) in [6.07, 6.45) is 0.705. The third-order valence-electron chi connectivity index (χ3n) is 4.41. The van der Waals surface area contributed by atoms with Crippen LogP contribution in [0.1, 0.15) is 21.6 Å². The Morgan fingerprint density at radius 3 is 2.33 bits per heavy atom. The van der Waals surface area contributed by atoms with Crippen LogP contribution in [-0.4, -0.2) is 16.1 Å². The monoisotopic (exact) mass is 355 g/mol. The van der Waals surface area contributed by atoms with Gasteiger partial charge in [-0.2, -0.15) is 5.10 Å². The van der Waals surface area contributed by atoms with Crippen molar-refractivity contribution in [2.24, 2.45) is 0 Å². The van der Waals surface area contributed by atoms with Crippen molar-refractivity contribution in [2.45, 2.75) is 6.42 Å². The standard InChI is InChI=1S/C22H17N3O2/c26-21-18-12-6-5-11-17(18)20(24-25-21)22(27)23-19-13-7-4-10-16(19)14-15-8-2-1-3-9-15/h1-13H,14H2,(H,23,27)(H,25,26). The maximum atomic E-state index is 12.8. The van der Waals surface area contributed by atoms with Crippen molar-refractivity contribution in [2.75, 3.05) is 5.32 Å². The van der Waals surface area contributed by atoms with Crippen molar-refractivity contribution in [3.8, 4) is 0 Å². The Bertz CT molecular complexity index is 1170. The van der Waals surface area contributed by atoms with E-state index in [0.717, 1.165) is 16.8 Å². The van der Waals surface area contributed by atoms with Gasteiger partial charge in [0.25, 0.3) is 11.5 Å². The minimum absolute atomic E-state index is 0.194. The van der Waals surface area contributed by atoms with E-state index in [9.17, 15) is 9.59 Å². The lowest BCUT2D eigenvalue weighted by Crippen LogP contribution is -2.19. The van der Waals surface area contributed by atoms with E-state index in [0.29, 0.717) is 17.2 Å². The van der Waals surface area contributed by atoms with Gasteiger partial charge in [0.05, 0.1) is 5.39 Å². The quantitative estimate of drug-likeness (QED) is 0.585. The van der Waals surface area contributed by atoms with Gasteiger partial charge in [-0.25, -0.2) is 5.10 Å². The fourth-order valence-corrected chi connectivity index (χ4v) is 3.08. The molecule has 132 valence electrons. The third kappa shape index (κ3) is 3.48. The molecule has 1 heterocycles. The SMILES string of the molecule is O=C(Nc1ccccc1Cc1ccccc1)c1n[nH]c(=O)c2ccccc12. The van der Waals surface area contributed by atoms with Gasteiger partial charge in [-0.15, -0.1) is 0 Å². The third-order valence-corrected chi connectivity index (χ3v) is 4.41. The molecule has 0 aliphatic rings. The van der Waals surface area contributed by atoms with Crippen LogP contribution in [-0.2, 0) is 6.42 Å². The first-order chi connectivity index (χ1) is 13.2. The summed E-state index contributed by atoms with van der Waals surface area (Å²) in [5.74, 6) is -0.358. The number of carbonyl (C=O) groups excluding carboxylic acids is 1.